The molecule has 1 fully saturated rings. The minimum absolute atomic E-state index is 0.0551. The Hall–Kier alpha value is -1.85. The summed E-state index contributed by atoms with van der Waals surface area (Å²) in [4.78, 5) is 12.6. The number of carbonyl (C=O) groups excluding carboxylic acids is 1. The number of carbonyl (C=O) groups is 1. The van der Waals surface area contributed by atoms with Gasteiger partial charge in [-0.3, -0.25) is 4.79 Å². The van der Waals surface area contributed by atoms with Gasteiger partial charge in [0.2, 0.25) is 5.91 Å². The van der Waals surface area contributed by atoms with E-state index in [0.717, 1.165) is 13.0 Å². The van der Waals surface area contributed by atoms with Crippen molar-refractivity contribution in [1.29, 1.82) is 0 Å². The lowest BCUT2D eigenvalue weighted by Gasteiger charge is -2.57. The van der Waals surface area contributed by atoms with Crippen LogP contribution < -0.4 is 11.1 Å². The second-order valence-corrected chi connectivity index (χ2v) is 7.52. The highest BCUT2D eigenvalue weighted by Crippen LogP contribution is 2.49. The molecule has 5 heteroatoms. The molecule has 1 aliphatic rings. The predicted molar refractivity (Wildman–Crippen MR) is 100 cm³/mol. The van der Waals surface area contributed by atoms with Crippen molar-refractivity contribution in [3.63, 3.8) is 0 Å². The number of aryl methyl sites for hydroxylation is 1. The number of benzene rings is 1. The van der Waals surface area contributed by atoms with E-state index in [4.69, 9.17) is 10.5 Å². The molecule has 136 valence electrons. The number of nitrogens with two attached hydrogens (primary N) is 1. The van der Waals surface area contributed by atoms with E-state index >= 15 is 0 Å². The highest BCUT2D eigenvalue weighted by Gasteiger charge is 2.62. The van der Waals surface area contributed by atoms with E-state index in [1.54, 1.807) is 0 Å². The van der Waals surface area contributed by atoms with Crippen LogP contribution in [0.15, 0.2) is 36.5 Å². The highest BCUT2D eigenvalue weighted by atomic mass is 16.5. The van der Waals surface area contributed by atoms with Crippen LogP contribution in [0.3, 0.4) is 0 Å². The number of nitrogens with zero attached hydrogens (tertiary/aromatic N) is 1. The molecule has 0 saturated heterocycles. The molecule has 2 atom stereocenters. The van der Waals surface area contributed by atoms with Gasteiger partial charge in [-0.15, -0.1) is 0 Å². The van der Waals surface area contributed by atoms with Crippen molar-refractivity contribution >= 4 is 16.8 Å². The zero-order chi connectivity index (χ0) is 18.1. The lowest BCUT2D eigenvalue weighted by atomic mass is 9.54. The third-order valence-electron chi connectivity index (χ3n) is 5.78. The first-order valence-electron chi connectivity index (χ1n) is 9.13. The lowest BCUT2D eigenvalue weighted by Crippen LogP contribution is -2.75. The second kappa shape index (κ2) is 6.81. The fraction of sp³-hybridized carbons (Fsp3) is 0.550. The van der Waals surface area contributed by atoms with Gasteiger partial charge in [0, 0.05) is 43.2 Å². The van der Waals surface area contributed by atoms with Crippen LogP contribution in [0, 0.1) is 5.41 Å². The van der Waals surface area contributed by atoms with Crippen LogP contribution in [-0.4, -0.2) is 35.3 Å². The van der Waals surface area contributed by atoms with Gasteiger partial charge in [-0.2, -0.15) is 0 Å². The predicted octanol–water partition coefficient (Wildman–Crippen LogP) is 2.68. The maximum atomic E-state index is 12.6. The number of fused-ring (bicyclic) bond motifs is 1. The molecular formula is C20H29N3O2. The van der Waals surface area contributed by atoms with Gasteiger partial charge in [-0.1, -0.05) is 32.0 Å². The number of aromatic nitrogens is 1. The topological polar surface area (TPSA) is 69.3 Å². The van der Waals surface area contributed by atoms with Gasteiger partial charge in [-0.05, 0) is 30.9 Å². The molecule has 1 aromatic heterocycles. The summed E-state index contributed by atoms with van der Waals surface area (Å²) in [7, 11) is 0. The van der Waals surface area contributed by atoms with Crippen LogP contribution in [0.5, 0.6) is 0 Å². The number of nitrogens with one attached hydrogen (secondary N) is 1. The van der Waals surface area contributed by atoms with E-state index in [9.17, 15) is 4.79 Å². The number of ether oxygens (including phenoxy) is 1. The van der Waals surface area contributed by atoms with Crippen molar-refractivity contribution in [3.8, 4) is 0 Å². The summed E-state index contributed by atoms with van der Waals surface area (Å²) in [6, 6.07) is 10.4. The Bertz CT molecular complexity index is 752. The molecule has 5 nitrogen and oxygen atoms in total. The standard InChI is InChI=1S/C20H29N3O2/c1-4-25-17-14-20(21,19(17,2)3)18(24)22-11-7-12-23-13-10-15-8-5-6-9-16(15)23/h5-6,8-10,13,17H,4,7,11-12,14,21H2,1-3H3,(H,22,24). The minimum atomic E-state index is -0.840. The number of hydrogen-bond donors (Lipinski definition) is 2. The molecule has 2 unspecified atom stereocenters. The first-order chi connectivity index (χ1) is 11.9. The largest absolute Gasteiger partial charge is 0.378 e. The van der Waals surface area contributed by atoms with E-state index in [-0.39, 0.29) is 17.4 Å². The van der Waals surface area contributed by atoms with Crippen LogP contribution in [0.25, 0.3) is 10.9 Å². The first-order valence-corrected chi connectivity index (χ1v) is 9.13. The van der Waals surface area contributed by atoms with Gasteiger partial charge in [0.1, 0.15) is 5.54 Å². The third kappa shape index (κ3) is 3.07. The van der Waals surface area contributed by atoms with E-state index in [1.165, 1.54) is 10.9 Å². The van der Waals surface area contributed by atoms with Crippen molar-refractivity contribution in [2.75, 3.05) is 13.2 Å². The van der Waals surface area contributed by atoms with Crippen molar-refractivity contribution in [2.45, 2.75) is 51.8 Å². The number of amides is 1. The summed E-state index contributed by atoms with van der Waals surface area (Å²) < 4.78 is 7.91. The van der Waals surface area contributed by atoms with Crippen molar-refractivity contribution in [3.05, 3.63) is 36.5 Å². The first kappa shape index (κ1) is 18.0. The van der Waals surface area contributed by atoms with E-state index in [0.29, 0.717) is 19.6 Å². The Labute approximate surface area is 149 Å². The highest BCUT2D eigenvalue weighted by molar-refractivity contribution is 5.88. The minimum Gasteiger partial charge on any atom is -0.378 e. The molecule has 3 N–H and O–H groups in total. The van der Waals surface area contributed by atoms with Crippen LogP contribution in [0.2, 0.25) is 0 Å². The van der Waals surface area contributed by atoms with Crippen LogP contribution in [0.4, 0.5) is 0 Å². The fourth-order valence-electron chi connectivity index (χ4n) is 3.77. The maximum Gasteiger partial charge on any atom is 0.240 e. The van der Waals surface area contributed by atoms with Crippen LogP contribution in [-0.2, 0) is 16.1 Å². The zero-order valence-corrected chi connectivity index (χ0v) is 15.4. The Morgan fingerprint density at radius 2 is 2.12 bits per heavy atom. The maximum absolute atomic E-state index is 12.6. The van der Waals surface area contributed by atoms with Gasteiger partial charge < -0.3 is 20.4 Å². The van der Waals surface area contributed by atoms with Gasteiger partial charge in [-0.25, -0.2) is 0 Å². The van der Waals surface area contributed by atoms with Gasteiger partial charge in [0.25, 0.3) is 0 Å². The summed E-state index contributed by atoms with van der Waals surface area (Å²) in [6.45, 7) is 8.15. The SMILES string of the molecule is CCOC1CC(N)(C(=O)NCCCn2ccc3ccccc32)C1(C)C. The molecule has 3 rings (SSSR count). The summed E-state index contributed by atoms with van der Waals surface area (Å²) in [5.74, 6) is -0.0641. The average Bonchev–Trinajstić information content (AvgIpc) is 3.01. The quantitative estimate of drug-likeness (QED) is 0.760. The van der Waals surface area contributed by atoms with Crippen LogP contribution >= 0.6 is 0 Å². The van der Waals surface area contributed by atoms with Gasteiger partial charge in [0.05, 0.1) is 6.10 Å². The Morgan fingerprint density at radius 1 is 1.36 bits per heavy atom. The average molecular weight is 343 g/mol. The lowest BCUT2D eigenvalue weighted by molar-refractivity contribution is -0.170. The molecule has 0 bridgehead atoms. The molecule has 1 amide bonds. The van der Waals surface area contributed by atoms with Crippen LogP contribution in [0.1, 0.15) is 33.6 Å². The molecule has 0 aliphatic heterocycles. The Morgan fingerprint density at radius 3 is 2.84 bits per heavy atom. The van der Waals surface area contributed by atoms with Gasteiger partial charge >= 0.3 is 0 Å². The normalized spacial score (nSPS) is 24.9. The molecule has 1 aromatic carbocycles. The van der Waals surface area contributed by atoms with E-state index in [1.807, 2.05) is 32.9 Å². The van der Waals surface area contributed by atoms with Gasteiger partial charge in [0.15, 0.2) is 0 Å². The Balaban J connectivity index is 1.50. The molecule has 25 heavy (non-hydrogen) atoms. The van der Waals surface area contributed by atoms with Crippen molar-refractivity contribution in [2.24, 2.45) is 11.1 Å². The van der Waals surface area contributed by atoms with E-state index in [2.05, 4.69) is 34.3 Å². The monoisotopic (exact) mass is 343 g/mol. The summed E-state index contributed by atoms with van der Waals surface area (Å²) in [5, 5.41) is 4.26. The third-order valence-corrected chi connectivity index (χ3v) is 5.78. The molecule has 1 saturated carbocycles. The molecule has 0 spiro atoms. The molecular weight excluding hydrogens is 314 g/mol. The van der Waals surface area contributed by atoms with Crippen molar-refractivity contribution < 1.29 is 9.53 Å². The number of para-hydroxylation sites is 1. The second-order valence-electron chi connectivity index (χ2n) is 7.52. The fourth-order valence-corrected chi connectivity index (χ4v) is 3.77. The number of rotatable bonds is 7. The Kier molecular flexibility index (Phi) is 4.89. The zero-order valence-electron chi connectivity index (χ0n) is 15.4. The van der Waals surface area contributed by atoms with Crippen molar-refractivity contribution in [1.82, 2.24) is 9.88 Å². The summed E-state index contributed by atoms with van der Waals surface area (Å²) >= 11 is 0. The molecule has 0 radical (unpaired) electrons. The smallest absolute Gasteiger partial charge is 0.240 e. The molecule has 2 aromatic rings. The summed E-state index contributed by atoms with van der Waals surface area (Å²) in [6.07, 6.45) is 3.61. The summed E-state index contributed by atoms with van der Waals surface area (Å²) in [5.41, 5.74) is 6.44. The number of hydrogen-bond acceptors (Lipinski definition) is 3. The molecule has 1 aliphatic carbocycles. The van der Waals surface area contributed by atoms with E-state index < -0.39 is 5.54 Å². The molecule has 1 heterocycles.